The van der Waals surface area contributed by atoms with Crippen molar-refractivity contribution in [2.75, 3.05) is 11.9 Å². The topological polar surface area (TPSA) is 106 Å². The van der Waals surface area contributed by atoms with Crippen LogP contribution in [0.2, 0.25) is 0 Å². The Morgan fingerprint density at radius 1 is 1.23 bits per heavy atom. The summed E-state index contributed by atoms with van der Waals surface area (Å²) in [6, 6.07) is 13.7. The fourth-order valence-electron chi connectivity index (χ4n) is 2.43. The van der Waals surface area contributed by atoms with Gasteiger partial charge in [-0.15, -0.1) is 5.10 Å². The van der Waals surface area contributed by atoms with Crippen molar-refractivity contribution < 1.29 is 14.6 Å². The van der Waals surface area contributed by atoms with Crippen LogP contribution in [0.1, 0.15) is 6.92 Å². The summed E-state index contributed by atoms with van der Waals surface area (Å²) in [4.78, 5) is 23.3. The quantitative estimate of drug-likeness (QED) is 0.689. The Bertz CT molecular complexity index is 969. The number of hydrogen-bond acceptors (Lipinski definition) is 6. The Kier molecular flexibility index (Phi) is 5.23. The normalized spacial score (nSPS) is 11.9. The highest BCUT2D eigenvalue weighted by molar-refractivity contribution is 5.88. The maximum atomic E-state index is 12.3. The number of hydrogen-bond donors (Lipinski definition) is 2. The lowest BCUT2D eigenvalue weighted by Crippen LogP contribution is -2.32. The summed E-state index contributed by atoms with van der Waals surface area (Å²) in [7, 11) is 0. The molecule has 0 saturated heterocycles. The van der Waals surface area contributed by atoms with E-state index in [-0.39, 0.29) is 24.6 Å². The van der Waals surface area contributed by atoms with Gasteiger partial charge < -0.3 is 15.2 Å². The number of nitrogens with one attached hydrogen (secondary N) is 1. The molecule has 1 aromatic heterocycles. The van der Waals surface area contributed by atoms with E-state index in [2.05, 4.69) is 15.6 Å². The monoisotopic (exact) mass is 354 g/mol. The van der Waals surface area contributed by atoms with E-state index in [1.165, 1.54) is 6.92 Å². The van der Waals surface area contributed by atoms with Gasteiger partial charge in [-0.25, -0.2) is 4.68 Å². The van der Waals surface area contributed by atoms with Crippen LogP contribution in [-0.2, 0) is 11.3 Å². The van der Waals surface area contributed by atoms with Crippen molar-refractivity contribution in [1.82, 2.24) is 15.0 Å². The number of aliphatic hydroxyl groups is 1. The fraction of sp³-hybridized carbons (Fsp3) is 0.222. The van der Waals surface area contributed by atoms with E-state index in [9.17, 15) is 14.7 Å². The molecule has 3 rings (SSSR count). The van der Waals surface area contributed by atoms with Crippen molar-refractivity contribution in [3.05, 3.63) is 58.9 Å². The number of ether oxygens (including phenoxy) is 1. The number of carbonyl (C=O) groups excluding carboxylic acids is 1. The van der Waals surface area contributed by atoms with Crippen LogP contribution >= 0.6 is 0 Å². The van der Waals surface area contributed by atoms with Gasteiger partial charge in [-0.2, -0.15) is 0 Å². The number of anilines is 1. The molecular formula is C18H18N4O4. The molecule has 0 aliphatic rings. The summed E-state index contributed by atoms with van der Waals surface area (Å²) >= 11 is 0. The summed E-state index contributed by atoms with van der Waals surface area (Å²) < 4.78 is 6.62. The van der Waals surface area contributed by atoms with Crippen LogP contribution in [0.4, 0.5) is 5.69 Å². The number of nitrogens with zero attached hydrogens (tertiary/aromatic N) is 3. The Hall–Kier alpha value is -3.26. The molecule has 0 aliphatic carbocycles. The lowest BCUT2D eigenvalue weighted by atomic mass is 10.2. The average molecular weight is 354 g/mol. The third kappa shape index (κ3) is 4.22. The van der Waals surface area contributed by atoms with Crippen LogP contribution < -0.4 is 15.6 Å². The van der Waals surface area contributed by atoms with Crippen LogP contribution in [0.3, 0.4) is 0 Å². The fourth-order valence-corrected chi connectivity index (χ4v) is 2.43. The number of aromatic nitrogens is 3. The van der Waals surface area contributed by atoms with E-state index in [0.29, 0.717) is 22.3 Å². The molecule has 1 heterocycles. The molecule has 8 heteroatoms. The van der Waals surface area contributed by atoms with Gasteiger partial charge in [-0.3, -0.25) is 9.59 Å². The van der Waals surface area contributed by atoms with Gasteiger partial charge in [0, 0.05) is 12.6 Å². The Morgan fingerprint density at radius 2 is 1.96 bits per heavy atom. The molecule has 1 amide bonds. The van der Waals surface area contributed by atoms with E-state index in [4.69, 9.17) is 4.74 Å². The van der Waals surface area contributed by atoms with Crippen LogP contribution in [0, 0.1) is 0 Å². The van der Waals surface area contributed by atoms with Crippen LogP contribution in [0.5, 0.6) is 5.75 Å². The van der Waals surface area contributed by atoms with Crippen molar-refractivity contribution >= 4 is 22.5 Å². The SMILES string of the molecule is CC(=O)Nc1ccc(OCC(O)Cn2nnc3ccccc3c2=O)cc1. The Labute approximate surface area is 149 Å². The molecule has 1 unspecified atom stereocenters. The van der Waals surface area contributed by atoms with Gasteiger partial charge in [0.05, 0.1) is 11.9 Å². The molecule has 0 spiro atoms. The highest BCUT2D eigenvalue weighted by Gasteiger charge is 2.11. The number of aliphatic hydroxyl groups excluding tert-OH is 1. The molecule has 1 atom stereocenters. The van der Waals surface area contributed by atoms with Crippen molar-refractivity contribution in [2.24, 2.45) is 0 Å². The van der Waals surface area contributed by atoms with E-state index >= 15 is 0 Å². The first-order valence-electron chi connectivity index (χ1n) is 8.04. The second kappa shape index (κ2) is 7.75. The first kappa shape index (κ1) is 17.6. The molecule has 3 aromatic rings. The highest BCUT2D eigenvalue weighted by atomic mass is 16.5. The standard InChI is InChI=1S/C18H18N4O4/c1-12(23)19-13-6-8-15(9-7-13)26-11-14(24)10-22-18(25)16-4-2-3-5-17(16)20-21-22/h2-9,14,24H,10-11H2,1H3,(H,19,23). The zero-order valence-electron chi connectivity index (χ0n) is 14.1. The lowest BCUT2D eigenvalue weighted by molar-refractivity contribution is -0.114. The van der Waals surface area contributed by atoms with Gasteiger partial charge in [0.1, 0.15) is 24.0 Å². The van der Waals surface area contributed by atoms with Crippen LogP contribution in [0.15, 0.2) is 53.3 Å². The molecular weight excluding hydrogens is 336 g/mol. The lowest BCUT2D eigenvalue weighted by Gasteiger charge is -2.13. The van der Waals surface area contributed by atoms with Gasteiger partial charge in [0.2, 0.25) is 5.91 Å². The third-order valence-electron chi connectivity index (χ3n) is 3.63. The highest BCUT2D eigenvalue weighted by Crippen LogP contribution is 2.16. The van der Waals surface area contributed by atoms with E-state index < -0.39 is 6.10 Å². The number of fused-ring (bicyclic) bond motifs is 1. The van der Waals surface area contributed by atoms with Gasteiger partial charge in [0.25, 0.3) is 5.56 Å². The minimum absolute atomic E-state index is 0.0135. The van der Waals surface area contributed by atoms with E-state index in [0.717, 1.165) is 4.68 Å². The van der Waals surface area contributed by atoms with Crippen LogP contribution in [0.25, 0.3) is 10.9 Å². The molecule has 0 bridgehead atoms. The second-order valence-electron chi connectivity index (χ2n) is 5.76. The summed E-state index contributed by atoms with van der Waals surface area (Å²) in [5.41, 5.74) is 0.858. The summed E-state index contributed by atoms with van der Waals surface area (Å²) in [5.74, 6) is 0.381. The van der Waals surface area contributed by atoms with Gasteiger partial charge in [-0.05, 0) is 36.4 Å². The average Bonchev–Trinajstić information content (AvgIpc) is 2.63. The molecule has 0 saturated carbocycles. The summed E-state index contributed by atoms with van der Waals surface area (Å²) in [6.45, 7) is 1.39. The largest absolute Gasteiger partial charge is 0.491 e. The summed E-state index contributed by atoms with van der Waals surface area (Å²) in [6.07, 6.45) is -0.932. The number of amides is 1. The molecule has 8 nitrogen and oxygen atoms in total. The molecule has 0 fully saturated rings. The number of benzene rings is 2. The molecule has 26 heavy (non-hydrogen) atoms. The van der Waals surface area contributed by atoms with Crippen molar-refractivity contribution in [3.8, 4) is 5.75 Å². The predicted octanol–water partition coefficient (Wildman–Crippen LogP) is 1.19. The van der Waals surface area contributed by atoms with E-state index in [1.807, 2.05) is 0 Å². The molecule has 2 N–H and O–H groups in total. The van der Waals surface area contributed by atoms with Gasteiger partial charge in [-0.1, -0.05) is 17.3 Å². The predicted molar refractivity (Wildman–Crippen MR) is 96.0 cm³/mol. The number of rotatable bonds is 6. The van der Waals surface area contributed by atoms with Crippen molar-refractivity contribution in [1.29, 1.82) is 0 Å². The smallest absolute Gasteiger partial charge is 0.277 e. The van der Waals surface area contributed by atoms with Crippen molar-refractivity contribution in [3.63, 3.8) is 0 Å². The zero-order chi connectivity index (χ0) is 18.5. The van der Waals surface area contributed by atoms with Gasteiger partial charge >= 0.3 is 0 Å². The Balaban J connectivity index is 1.61. The molecule has 134 valence electrons. The second-order valence-corrected chi connectivity index (χ2v) is 5.76. The minimum Gasteiger partial charge on any atom is -0.491 e. The maximum Gasteiger partial charge on any atom is 0.277 e. The van der Waals surface area contributed by atoms with Gasteiger partial charge in [0.15, 0.2) is 0 Å². The van der Waals surface area contributed by atoms with Crippen molar-refractivity contribution in [2.45, 2.75) is 19.6 Å². The molecule has 0 radical (unpaired) electrons. The third-order valence-corrected chi connectivity index (χ3v) is 3.63. The Morgan fingerprint density at radius 3 is 2.69 bits per heavy atom. The number of carbonyl (C=O) groups is 1. The molecule has 2 aromatic carbocycles. The minimum atomic E-state index is -0.932. The summed E-state index contributed by atoms with van der Waals surface area (Å²) in [5, 5.41) is 21.0. The first-order chi connectivity index (χ1) is 12.5. The van der Waals surface area contributed by atoms with E-state index in [1.54, 1.807) is 48.5 Å². The zero-order valence-corrected chi connectivity index (χ0v) is 14.1. The van der Waals surface area contributed by atoms with Crippen LogP contribution in [-0.4, -0.2) is 38.7 Å². The molecule has 0 aliphatic heterocycles. The maximum absolute atomic E-state index is 12.3. The first-order valence-corrected chi connectivity index (χ1v) is 8.04.